The van der Waals surface area contributed by atoms with E-state index in [4.69, 9.17) is 5.73 Å². The van der Waals surface area contributed by atoms with E-state index in [1.54, 1.807) is 0 Å². The summed E-state index contributed by atoms with van der Waals surface area (Å²) in [5.74, 6) is -0.410. The number of alkyl halides is 1. The van der Waals surface area contributed by atoms with Gasteiger partial charge in [0.05, 0.1) is 11.5 Å². The molecule has 0 radical (unpaired) electrons. The minimum Gasteiger partial charge on any atom is -0.326 e. The van der Waals surface area contributed by atoms with E-state index in [0.717, 1.165) is 11.1 Å². The maximum atomic E-state index is 14.4. The molecule has 1 aliphatic rings. The van der Waals surface area contributed by atoms with Crippen molar-refractivity contribution in [2.24, 2.45) is 5.73 Å². The van der Waals surface area contributed by atoms with Crippen LogP contribution in [0.25, 0.3) is 0 Å². The first-order valence-corrected chi connectivity index (χ1v) is 7.42. The Hall–Kier alpha value is -0.940. The highest BCUT2D eigenvalue weighted by Crippen LogP contribution is 2.31. The summed E-state index contributed by atoms with van der Waals surface area (Å²) in [6.45, 7) is 0.346. The van der Waals surface area contributed by atoms with Gasteiger partial charge in [0.1, 0.15) is 5.67 Å². The smallest absolute Gasteiger partial charge is 0.153 e. The van der Waals surface area contributed by atoms with Crippen LogP contribution < -0.4 is 5.73 Å². The molecule has 1 aromatic rings. The van der Waals surface area contributed by atoms with Crippen molar-refractivity contribution in [1.29, 1.82) is 0 Å². The second-order valence-electron chi connectivity index (χ2n) is 4.64. The molecule has 1 fully saturated rings. The van der Waals surface area contributed by atoms with Crippen molar-refractivity contribution in [3.05, 3.63) is 35.4 Å². The predicted molar refractivity (Wildman–Crippen MR) is 65.1 cm³/mol. The lowest BCUT2D eigenvalue weighted by molar-refractivity contribution is 0.198. The zero-order chi connectivity index (χ0) is 12.5. The second-order valence-corrected chi connectivity index (χ2v) is 6.83. The summed E-state index contributed by atoms with van der Waals surface area (Å²) in [7, 11) is -3.20. The number of hydrogen-bond donors (Lipinski definition) is 1. The molecule has 1 heterocycles. The van der Waals surface area contributed by atoms with Crippen LogP contribution in [0.4, 0.5) is 4.39 Å². The van der Waals surface area contributed by atoms with E-state index in [9.17, 15) is 12.8 Å². The summed E-state index contributed by atoms with van der Waals surface area (Å²) in [5.41, 5.74) is 5.66. The second kappa shape index (κ2) is 4.38. The highest BCUT2D eigenvalue weighted by molar-refractivity contribution is 7.91. The van der Waals surface area contributed by atoms with E-state index >= 15 is 0 Å². The topological polar surface area (TPSA) is 60.2 Å². The van der Waals surface area contributed by atoms with Gasteiger partial charge in [0.25, 0.3) is 0 Å². The van der Waals surface area contributed by atoms with Gasteiger partial charge in [-0.3, -0.25) is 0 Å². The highest BCUT2D eigenvalue weighted by Gasteiger charge is 2.42. The highest BCUT2D eigenvalue weighted by atomic mass is 32.2. The fourth-order valence-electron chi connectivity index (χ4n) is 2.29. The predicted octanol–water partition coefficient (Wildman–Crippen LogP) is 1.21. The molecule has 1 aromatic carbocycles. The molecule has 0 saturated carbocycles. The largest absolute Gasteiger partial charge is 0.326 e. The Kier molecular flexibility index (Phi) is 3.23. The maximum Gasteiger partial charge on any atom is 0.153 e. The van der Waals surface area contributed by atoms with Crippen LogP contribution in [0.3, 0.4) is 0 Å². The van der Waals surface area contributed by atoms with Crippen LogP contribution in [-0.4, -0.2) is 25.6 Å². The van der Waals surface area contributed by atoms with E-state index in [2.05, 4.69) is 0 Å². The number of rotatable bonds is 3. The lowest BCUT2D eigenvalue weighted by atomic mass is 9.93. The molecular weight excluding hydrogens is 241 g/mol. The Morgan fingerprint density at radius 2 is 1.94 bits per heavy atom. The van der Waals surface area contributed by atoms with Crippen LogP contribution in [-0.2, 0) is 22.8 Å². The lowest BCUT2D eigenvalue weighted by Crippen LogP contribution is -2.28. The van der Waals surface area contributed by atoms with Gasteiger partial charge in [-0.1, -0.05) is 24.3 Å². The summed E-state index contributed by atoms with van der Waals surface area (Å²) >= 11 is 0. The molecule has 0 amide bonds. The van der Waals surface area contributed by atoms with E-state index < -0.39 is 15.5 Å². The van der Waals surface area contributed by atoms with Crippen molar-refractivity contribution < 1.29 is 12.8 Å². The molecule has 0 aliphatic carbocycles. The first kappa shape index (κ1) is 12.5. The first-order valence-electron chi connectivity index (χ1n) is 5.60. The van der Waals surface area contributed by atoms with Gasteiger partial charge in [-0.15, -0.1) is 0 Å². The summed E-state index contributed by atoms with van der Waals surface area (Å²) in [6, 6.07) is 7.33. The molecule has 2 N–H and O–H groups in total. The van der Waals surface area contributed by atoms with Gasteiger partial charge in [-0.2, -0.15) is 0 Å². The van der Waals surface area contributed by atoms with Gasteiger partial charge in [-0.05, 0) is 17.5 Å². The summed E-state index contributed by atoms with van der Waals surface area (Å²) in [6.07, 6.45) is 0.230. The number of benzene rings is 1. The van der Waals surface area contributed by atoms with E-state index in [-0.39, 0.29) is 24.3 Å². The van der Waals surface area contributed by atoms with Crippen LogP contribution in [0.2, 0.25) is 0 Å². The SMILES string of the molecule is NCc1ccccc1CC1(F)CCS(=O)(=O)C1. The Balaban J connectivity index is 2.21. The molecule has 0 spiro atoms. The monoisotopic (exact) mass is 257 g/mol. The van der Waals surface area contributed by atoms with Crippen LogP contribution in [0.15, 0.2) is 24.3 Å². The zero-order valence-electron chi connectivity index (χ0n) is 9.52. The van der Waals surface area contributed by atoms with E-state index in [1.165, 1.54) is 0 Å². The quantitative estimate of drug-likeness (QED) is 0.885. The molecule has 1 aliphatic heterocycles. The average molecular weight is 257 g/mol. The zero-order valence-corrected chi connectivity index (χ0v) is 10.3. The summed E-state index contributed by atoms with van der Waals surface area (Å²) in [4.78, 5) is 0. The van der Waals surface area contributed by atoms with Crippen molar-refractivity contribution in [2.45, 2.75) is 25.1 Å². The summed E-state index contributed by atoms with van der Waals surface area (Å²) in [5, 5.41) is 0. The molecular formula is C12H16FNO2S. The molecule has 17 heavy (non-hydrogen) atoms. The van der Waals surface area contributed by atoms with Crippen molar-refractivity contribution in [3.8, 4) is 0 Å². The lowest BCUT2D eigenvalue weighted by Gasteiger charge is -2.19. The van der Waals surface area contributed by atoms with Crippen LogP contribution in [0, 0.1) is 0 Å². The van der Waals surface area contributed by atoms with Crippen LogP contribution in [0.1, 0.15) is 17.5 Å². The first-order chi connectivity index (χ1) is 7.94. The molecule has 1 saturated heterocycles. The molecule has 3 nitrogen and oxygen atoms in total. The van der Waals surface area contributed by atoms with Crippen LogP contribution >= 0.6 is 0 Å². The average Bonchev–Trinajstić information content (AvgIpc) is 2.53. The number of halogens is 1. The third kappa shape index (κ3) is 2.84. The minimum absolute atomic E-state index is 0.0473. The fraction of sp³-hybridized carbons (Fsp3) is 0.500. The van der Waals surface area contributed by atoms with Crippen molar-refractivity contribution in [1.82, 2.24) is 0 Å². The Morgan fingerprint density at radius 3 is 2.47 bits per heavy atom. The van der Waals surface area contributed by atoms with Crippen molar-refractivity contribution in [3.63, 3.8) is 0 Å². The van der Waals surface area contributed by atoms with Gasteiger partial charge in [0, 0.05) is 13.0 Å². The molecule has 5 heteroatoms. The maximum absolute atomic E-state index is 14.4. The van der Waals surface area contributed by atoms with Gasteiger partial charge >= 0.3 is 0 Å². The van der Waals surface area contributed by atoms with Gasteiger partial charge in [0.2, 0.25) is 0 Å². The Labute approximate surface area is 101 Å². The number of hydrogen-bond acceptors (Lipinski definition) is 3. The van der Waals surface area contributed by atoms with Crippen molar-refractivity contribution >= 4 is 9.84 Å². The molecule has 0 bridgehead atoms. The molecule has 1 atom stereocenters. The van der Waals surface area contributed by atoms with Gasteiger partial charge < -0.3 is 5.73 Å². The Bertz CT molecular complexity index is 515. The normalized spacial score (nSPS) is 27.2. The number of nitrogens with two attached hydrogens (primary N) is 1. The third-order valence-corrected chi connectivity index (χ3v) is 4.97. The molecule has 1 unspecified atom stereocenters. The summed E-state index contributed by atoms with van der Waals surface area (Å²) < 4.78 is 37.0. The van der Waals surface area contributed by atoms with E-state index in [0.29, 0.717) is 6.54 Å². The van der Waals surface area contributed by atoms with E-state index in [1.807, 2.05) is 24.3 Å². The number of sulfone groups is 1. The van der Waals surface area contributed by atoms with Crippen molar-refractivity contribution in [2.75, 3.05) is 11.5 Å². The molecule has 94 valence electrons. The van der Waals surface area contributed by atoms with Gasteiger partial charge in [-0.25, -0.2) is 12.8 Å². The Morgan fingerprint density at radius 1 is 1.29 bits per heavy atom. The third-order valence-electron chi connectivity index (χ3n) is 3.19. The van der Waals surface area contributed by atoms with Crippen LogP contribution in [0.5, 0.6) is 0 Å². The fourth-order valence-corrected chi connectivity index (χ4v) is 4.14. The molecule has 2 rings (SSSR count). The minimum atomic E-state index is -3.20. The molecule has 0 aromatic heterocycles. The van der Waals surface area contributed by atoms with Gasteiger partial charge in [0.15, 0.2) is 9.84 Å². The standard InChI is InChI=1S/C12H16FNO2S/c13-12(5-6-17(15,16)9-12)7-10-3-1-2-4-11(10)8-14/h1-4H,5-9,14H2.